The number of primary amides is 1. The molecule has 0 aromatic rings. The Hall–Kier alpha value is -2.70. The van der Waals surface area contributed by atoms with E-state index in [1.807, 2.05) is 0 Å². The van der Waals surface area contributed by atoms with Gasteiger partial charge in [-0.2, -0.15) is 12.6 Å². The van der Waals surface area contributed by atoms with Crippen LogP contribution in [0.1, 0.15) is 38.5 Å². The monoisotopic (exact) mass is 480 g/mol. The van der Waals surface area contributed by atoms with E-state index in [0.717, 1.165) is 25.7 Å². The molecule has 1 saturated carbocycles. The number of rotatable bonds is 11. The Kier molecular flexibility index (Phi) is 9.21. The summed E-state index contributed by atoms with van der Waals surface area (Å²) in [4.78, 5) is 57.9. The van der Waals surface area contributed by atoms with E-state index in [2.05, 4.69) is 28.1 Å². The van der Waals surface area contributed by atoms with Crippen LogP contribution in [0.5, 0.6) is 0 Å². The fourth-order valence-corrected chi connectivity index (χ4v) is 4.73. The fourth-order valence-electron chi connectivity index (χ4n) is 4.09. The van der Waals surface area contributed by atoms with Crippen LogP contribution in [0, 0.1) is 5.92 Å². The molecular formula is C20H29BN4O7S. The van der Waals surface area contributed by atoms with E-state index < -0.39 is 59.0 Å². The van der Waals surface area contributed by atoms with E-state index in [1.165, 1.54) is 0 Å². The van der Waals surface area contributed by atoms with Gasteiger partial charge in [0.1, 0.15) is 19.1 Å². The van der Waals surface area contributed by atoms with Crippen molar-refractivity contribution >= 4 is 50.3 Å². The second-order valence-electron chi connectivity index (χ2n) is 8.25. The number of carbonyl (C=O) groups is 5. The summed E-state index contributed by atoms with van der Waals surface area (Å²) in [7, 11) is 6.49. The Labute approximate surface area is 198 Å². The van der Waals surface area contributed by atoms with Gasteiger partial charge in [-0.15, -0.1) is 0 Å². The van der Waals surface area contributed by atoms with Crippen LogP contribution in [0.4, 0.5) is 4.79 Å². The van der Waals surface area contributed by atoms with Crippen LogP contribution in [0.3, 0.4) is 0 Å². The van der Waals surface area contributed by atoms with Crippen LogP contribution in [-0.2, 0) is 23.9 Å². The normalized spacial score (nSPS) is 27.5. The van der Waals surface area contributed by atoms with Crippen LogP contribution >= 0.6 is 12.6 Å². The first-order valence-corrected chi connectivity index (χ1v) is 11.1. The predicted octanol–water partition coefficient (Wildman–Crippen LogP) is -0.580. The number of nitrogens with one attached hydrogen (secondary N) is 3. The van der Waals surface area contributed by atoms with E-state index in [1.54, 1.807) is 0 Å². The lowest BCUT2D eigenvalue weighted by Crippen LogP contribution is -2.50. The van der Waals surface area contributed by atoms with Crippen molar-refractivity contribution in [2.24, 2.45) is 11.7 Å². The maximum absolute atomic E-state index is 12.1. The van der Waals surface area contributed by atoms with Crippen molar-refractivity contribution in [3.05, 3.63) is 12.2 Å². The maximum Gasteiger partial charge on any atom is 0.407 e. The number of nitrogens with two attached hydrogens (primary N) is 1. The number of ether oxygens (including phenoxy) is 1. The lowest BCUT2D eigenvalue weighted by Gasteiger charge is -2.18. The topological polar surface area (TPSA) is 177 Å². The van der Waals surface area contributed by atoms with Crippen LogP contribution in [0.15, 0.2) is 12.2 Å². The lowest BCUT2D eigenvalue weighted by atomic mass is 9.74. The average molecular weight is 480 g/mol. The molecule has 4 atom stereocenters. The molecule has 0 aromatic heterocycles. The zero-order valence-corrected chi connectivity index (χ0v) is 19.1. The molecule has 0 bridgehead atoms. The third-order valence-electron chi connectivity index (χ3n) is 6.02. The first-order chi connectivity index (χ1) is 15.5. The van der Waals surface area contributed by atoms with Gasteiger partial charge in [0.05, 0.1) is 14.5 Å². The zero-order valence-electron chi connectivity index (χ0n) is 18.2. The summed E-state index contributed by atoms with van der Waals surface area (Å²) in [5.41, 5.74) is 5.07. The lowest BCUT2D eigenvalue weighted by molar-refractivity contribution is -0.138. The number of alkyl carbamates (subject to hydrolysis) is 1. The van der Waals surface area contributed by atoms with E-state index in [0.29, 0.717) is 0 Å². The highest BCUT2D eigenvalue weighted by atomic mass is 32.1. The minimum Gasteiger partial charge on any atom is -0.480 e. The summed E-state index contributed by atoms with van der Waals surface area (Å²) in [6, 6.07) is -1.20. The summed E-state index contributed by atoms with van der Waals surface area (Å²) < 4.78 is 4.82. The van der Waals surface area contributed by atoms with Crippen molar-refractivity contribution in [2.75, 3.05) is 19.7 Å². The Bertz CT molecular complexity index is 804. The van der Waals surface area contributed by atoms with Gasteiger partial charge in [0.2, 0.25) is 17.7 Å². The largest absolute Gasteiger partial charge is 0.480 e. The van der Waals surface area contributed by atoms with Gasteiger partial charge in [-0.05, 0) is 31.0 Å². The highest BCUT2D eigenvalue weighted by molar-refractivity contribution is 7.82. The highest BCUT2D eigenvalue weighted by Gasteiger charge is 2.69. The van der Waals surface area contributed by atoms with E-state index in [4.69, 9.17) is 36.1 Å². The molecule has 2 radical (unpaired) electrons. The summed E-state index contributed by atoms with van der Waals surface area (Å²) in [6.45, 7) is -1.09. The van der Waals surface area contributed by atoms with Gasteiger partial charge >= 0.3 is 12.1 Å². The molecule has 0 spiro atoms. The summed E-state index contributed by atoms with van der Waals surface area (Å²) >= 11 is 4.76. The number of carboxylic acid groups (broad SMARTS) is 1. The van der Waals surface area contributed by atoms with Crippen LogP contribution in [0.2, 0.25) is 5.31 Å². The van der Waals surface area contributed by atoms with Gasteiger partial charge in [0.15, 0.2) is 0 Å². The Morgan fingerprint density at radius 2 is 1.82 bits per heavy atom. The van der Waals surface area contributed by atoms with Gasteiger partial charge in [0, 0.05) is 17.1 Å². The summed E-state index contributed by atoms with van der Waals surface area (Å²) in [6.07, 6.45) is 6.22. The number of hydrogen-bond acceptors (Lipinski definition) is 7. The second kappa shape index (κ2) is 11.4. The van der Waals surface area contributed by atoms with Gasteiger partial charge in [-0.25, -0.2) is 4.79 Å². The Balaban J connectivity index is 1.78. The van der Waals surface area contributed by atoms with E-state index >= 15 is 0 Å². The first-order valence-electron chi connectivity index (χ1n) is 10.6. The van der Waals surface area contributed by atoms with Crippen molar-refractivity contribution in [2.45, 2.75) is 54.6 Å². The van der Waals surface area contributed by atoms with Crippen molar-refractivity contribution in [1.29, 1.82) is 0 Å². The summed E-state index contributed by atoms with van der Waals surface area (Å²) in [5.74, 6) is -3.59. The zero-order chi connectivity index (χ0) is 24.6. The molecule has 4 amide bonds. The van der Waals surface area contributed by atoms with E-state index in [-0.39, 0.29) is 25.4 Å². The molecule has 1 fully saturated rings. The molecule has 2 aliphatic rings. The van der Waals surface area contributed by atoms with Crippen LogP contribution < -0.4 is 21.7 Å². The van der Waals surface area contributed by atoms with Crippen molar-refractivity contribution in [1.82, 2.24) is 16.0 Å². The molecule has 2 aliphatic carbocycles. The molecule has 33 heavy (non-hydrogen) atoms. The molecule has 0 saturated heterocycles. The van der Waals surface area contributed by atoms with Crippen LogP contribution in [0.25, 0.3) is 0 Å². The molecule has 0 heterocycles. The average Bonchev–Trinajstić information content (AvgIpc) is 3.18. The van der Waals surface area contributed by atoms with Gasteiger partial charge < -0.3 is 31.5 Å². The molecular weight excluding hydrogens is 451 g/mol. The number of amides is 4. The van der Waals surface area contributed by atoms with Gasteiger partial charge in [0.25, 0.3) is 0 Å². The van der Waals surface area contributed by atoms with Crippen molar-refractivity contribution in [3.8, 4) is 0 Å². The third-order valence-corrected chi connectivity index (χ3v) is 6.98. The number of aliphatic carboxylic acids is 1. The number of carboxylic acids is 1. The van der Waals surface area contributed by atoms with Gasteiger partial charge in [-0.1, -0.05) is 18.6 Å². The molecule has 0 aliphatic heterocycles. The molecule has 2 rings (SSSR count). The SMILES string of the molecule is [B]C12CC/C=C\CCC1(S)C2COC(=O)NCC(=O)NC(CCC(N)=O)C(=O)NCC(=O)O. The smallest absolute Gasteiger partial charge is 0.407 e. The third kappa shape index (κ3) is 7.14. The number of fused-ring (bicyclic) bond motifs is 1. The Morgan fingerprint density at radius 1 is 1.15 bits per heavy atom. The number of thiol groups is 1. The highest BCUT2D eigenvalue weighted by Crippen LogP contribution is 2.74. The van der Waals surface area contributed by atoms with E-state index in [9.17, 15) is 24.0 Å². The maximum atomic E-state index is 12.1. The first kappa shape index (κ1) is 26.6. The number of hydrogen-bond donors (Lipinski definition) is 6. The molecule has 180 valence electrons. The standard InChI is InChI=1S/C20H29BN4O7S/c21-19-7-3-1-2-4-8-20(19,33)13(19)11-32-18(31)24-9-15(27)25-12(5-6-14(22)26)17(30)23-10-16(28)29/h1-2,12-13,33H,3-11H2,(H2,22,26)(H,23,30)(H,24,31)(H,25,27)(H,28,29)/b2-1-. The molecule has 0 aromatic carbocycles. The fraction of sp³-hybridized carbons (Fsp3) is 0.650. The Morgan fingerprint density at radius 3 is 2.45 bits per heavy atom. The molecule has 13 heteroatoms. The predicted molar refractivity (Wildman–Crippen MR) is 122 cm³/mol. The van der Waals surface area contributed by atoms with Gasteiger partial charge in [-0.3, -0.25) is 19.2 Å². The molecule has 6 N–H and O–H groups in total. The minimum absolute atomic E-state index is 0.0618. The summed E-state index contributed by atoms with van der Waals surface area (Å²) in [5, 5.41) is 14.9. The van der Waals surface area contributed by atoms with Crippen LogP contribution in [-0.4, -0.2) is 73.2 Å². The number of carbonyl (C=O) groups excluding carboxylic acids is 4. The van der Waals surface area contributed by atoms with Crippen molar-refractivity contribution in [3.63, 3.8) is 0 Å². The second-order valence-corrected chi connectivity index (χ2v) is 9.05. The number of allylic oxidation sites excluding steroid dienone is 2. The molecule has 11 nitrogen and oxygen atoms in total. The molecule has 4 unspecified atom stereocenters. The van der Waals surface area contributed by atoms with Crippen molar-refractivity contribution < 1.29 is 33.8 Å². The minimum atomic E-state index is -1.27. The quantitative estimate of drug-likeness (QED) is 0.130.